The van der Waals surface area contributed by atoms with Crippen molar-refractivity contribution in [2.75, 3.05) is 12.4 Å². The van der Waals surface area contributed by atoms with E-state index in [1.807, 2.05) is 48.5 Å². The third kappa shape index (κ3) is 4.21. The number of rotatable bonds is 5. The summed E-state index contributed by atoms with van der Waals surface area (Å²) in [4.78, 5) is 12.0. The van der Waals surface area contributed by atoms with Gasteiger partial charge in [-0.05, 0) is 41.8 Å². The first-order chi connectivity index (χ1) is 10.2. The molecule has 108 valence electrons. The molecule has 0 saturated carbocycles. The molecule has 3 heteroatoms. The number of ether oxygens (including phenoxy) is 1. The lowest BCUT2D eigenvalue weighted by molar-refractivity contribution is -0.111. The van der Waals surface area contributed by atoms with Gasteiger partial charge in [0, 0.05) is 11.8 Å². The summed E-state index contributed by atoms with van der Waals surface area (Å²) < 4.78 is 5.10. The molecular formula is C18H19NO2. The van der Waals surface area contributed by atoms with Crippen molar-refractivity contribution in [1.29, 1.82) is 0 Å². The smallest absolute Gasteiger partial charge is 0.248 e. The van der Waals surface area contributed by atoms with Crippen LogP contribution in [0.4, 0.5) is 5.69 Å². The van der Waals surface area contributed by atoms with Gasteiger partial charge in [0.05, 0.1) is 7.11 Å². The Morgan fingerprint density at radius 2 is 1.86 bits per heavy atom. The van der Waals surface area contributed by atoms with Crippen molar-refractivity contribution >= 4 is 17.7 Å². The molecule has 1 amide bonds. The average molecular weight is 281 g/mol. The molecule has 0 aromatic heterocycles. The fraction of sp³-hybridized carbons (Fsp3) is 0.167. The second kappa shape index (κ2) is 7.29. The standard InChI is InChI=1S/C18H19NO2/c1-3-15-6-4-5-7-17(15)19-18(20)13-10-14-8-11-16(21-2)12-9-14/h4-13H,3H2,1-2H3,(H,19,20). The molecular weight excluding hydrogens is 262 g/mol. The second-order valence-corrected chi connectivity index (χ2v) is 4.61. The zero-order chi connectivity index (χ0) is 15.1. The predicted octanol–water partition coefficient (Wildman–Crippen LogP) is 3.91. The molecule has 3 nitrogen and oxygen atoms in total. The van der Waals surface area contributed by atoms with Gasteiger partial charge >= 0.3 is 0 Å². The Bertz CT molecular complexity index is 630. The Morgan fingerprint density at radius 3 is 2.52 bits per heavy atom. The highest BCUT2D eigenvalue weighted by Crippen LogP contribution is 2.16. The molecule has 0 aliphatic rings. The number of carbonyl (C=O) groups is 1. The van der Waals surface area contributed by atoms with E-state index >= 15 is 0 Å². The van der Waals surface area contributed by atoms with Crippen LogP contribution in [0.5, 0.6) is 5.75 Å². The van der Waals surface area contributed by atoms with E-state index in [0.717, 1.165) is 29.0 Å². The zero-order valence-corrected chi connectivity index (χ0v) is 12.3. The summed E-state index contributed by atoms with van der Waals surface area (Å²) in [6, 6.07) is 15.4. The molecule has 0 atom stereocenters. The lowest BCUT2D eigenvalue weighted by Crippen LogP contribution is -2.09. The first-order valence-corrected chi connectivity index (χ1v) is 6.94. The molecule has 1 N–H and O–H groups in total. The largest absolute Gasteiger partial charge is 0.497 e. The van der Waals surface area contributed by atoms with Crippen molar-refractivity contribution in [3.05, 3.63) is 65.7 Å². The van der Waals surface area contributed by atoms with Crippen molar-refractivity contribution in [3.63, 3.8) is 0 Å². The molecule has 0 bridgehead atoms. The minimum absolute atomic E-state index is 0.133. The summed E-state index contributed by atoms with van der Waals surface area (Å²) >= 11 is 0. The molecule has 0 unspecified atom stereocenters. The van der Waals surface area contributed by atoms with E-state index in [1.165, 1.54) is 6.08 Å². The predicted molar refractivity (Wildman–Crippen MR) is 86.5 cm³/mol. The molecule has 0 saturated heterocycles. The molecule has 2 aromatic rings. The van der Waals surface area contributed by atoms with E-state index in [4.69, 9.17) is 4.74 Å². The van der Waals surface area contributed by atoms with Gasteiger partial charge in [0.1, 0.15) is 5.75 Å². The zero-order valence-electron chi connectivity index (χ0n) is 12.3. The van der Waals surface area contributed by atoms with E-state index in [1.54, 1.807) is 13.2 Å². The van der Waals surface area contributed by atoms with Crippen LogP contribution in [0.25, 0.3) is 6.08 Å². The fourth-order valence-corrected chi connectivity index (χ4v) is 2.01. The van der Waals surface area contributed by atoms with Crippen molar-refractivity contribution in [1.82, 2.24) is 0 Å². The summed E-state index contributed by atoms with van der Waals surface area (Å²) in [7, 11) is 1.63. The quantitative estimate of drug-likeness (QED) is 0.844. The molecule has 0 aliphatic heterocycles. The van der Waals surface area contributed by atoms with Gasteiger partial charge in [0.15, 0.2) is 0 Å². The van der Waals surface area contributed by atoms with Crippen LogP contribution in [0.2, 0.25) is 0 Å². The maximum Gasteiger partial charge on any atom is 0.248 e. The summed E-state index contributed by atoms with van der Waals surface area (Å²) in [5.41, 5.74) is 2.95. The van der Waals surface area contributed by atoms with E-state index in [0.29, 0.717) is 0 Å². The van der Waals surface area contributed by atoms with E-state index in [9.17, 15) is 4.79 Å². The Hall–Kier alpha value is -2.55. The van der Waals surface area contributed by atoms with Crippen LogP contribution in [0.1, 0.15) is 18.1 Å². The lowest BCUT2D eigenvalue weighted by atomic mass is 10.1. The lowest BCUT2D eigenvalue weighted by Gasteiger charge is -2.07. The van der Waals surface area contributed by atoms with Crippen LogP contribution in [0.15, 0.2) is 54.6 Å². The van der Waals surface area contributed by atoms with Gasteiger partial charge < -0.3 is 10.1 Å². The van der Waals surface area contributed by atoms with E-state index in [-0.39, 0.29) is 5.91 Å². The topological polar surface area (TPSA) is 38.3 Å². The molecule has 0 aliphatic carbocycles. The average Bonchev–Trinajstić information content (AvgIpc) is 2.54. The first kappa shape index (κ1) is 14.9. The number of hydrogen-bond donors (Lipinski definition) is 1. The van der Waals surface area contributed by atoms with E-state index < -0.39 is 0 Å². The van der Waals surface area contributed by atoms with Crippen LogP contribution < -0.4 is 10.1 Å². The fourth-order valence-electron chi connectivity index (χ4n) is 2.01. The van der Waals surface area contributed by atoms with Crippen molar-refractivity contribution in [3.8, 4) is 5.75 Å². The molecule has 0 fully saturated rings. The Kier molecular flexibility index (Phi) is 5.16. The molecule has 2 aromatic carbocycles. The van der Waals surface area contributed by atoms with Crippen LogP contribution in [0.3, 0.4) is 0 Å². The van der Waals surface area contributed by atoms with Crippen LogP contribution >= 0.6 is 0 Å². The molecule has 2 rings (SSSR count). The van der Waals surface area contributed by atoms with Crippen LogP contribution in [0, 0.1) is 0 Å². The molecule has 21 heavy (non-hydrogen) atoms. The van der Waals surface area contributed by atoms with Crippen molar-refractivity contribution < 1.29 is 9.53 Å². The maximum absolute atomic E-state index is 12.0. The number of para-hydroxylation sites is 1. The summed E-state index contributed by atoms with van der Waals surface area (Å²) in [5.74, 6) is 0.667. The van der Waals surface area contributed by atoms with Crippen molar-refractivity contribution in [2.24, 2.45) is 0 Å². The highest BCUT2D eigenvalue weighted by Gasteiger charge is 2.02. The number of anilines is 1. The number of nitrogens with one attached hydrogen (secondary N) is 1. The minimum atomic E-state index is -0.133. The monoisotopic (exact) mass is 281 g/mol. The van der Waals surface area contributed by atoms with Crippen LogP contribution in [-0.4, -0.2) is 13.0 Å². The molecule has 0 spiro atoms. The van der Waals surface area contributed by atoms with Gasteiger partial charge in [-0.3, -0.25) is 4.79 Å². The van der Waals surface area contributed by atoms with Gasteiger partial charge in [-0.1, -0.05) is 37.3 Å². The number of aryl methyl sites for hydroxylation is 1. The maximum atomic E-state index is 12.0. The van der Waals surface area contributed by atoms with Gasteiger partial charge in [0.2, 0.25) is 5.91 Å². The third-order valence-electron chi connectivity index (χ3n) is 3.20. The van der Waals surface area contributed by atoms with E-state index in [2.05, 4.69) is 12.2 Å². The Labute approximate surface area is 125 Å². The molecule has 0 heterocycles. The Balaban J connectivity index is 2.02. The highest BCUT2D eigenvalue weighted by atomic mass is 16.5. The minimum Gasteiger partial charge on any atom is -0.497 e. The second-order valence-electron chi connectivity index (χ2n) is 4.61. The number of benzene rings is 2. The number of amides is 1. The highest BCUT2D eigenvalue weighted by molar-refractivity contribution is 6.02. The molecule has 0 radical (unpaired) electrons. The Morgan fingerprint density at radius 1 is 1.14 bits per heavy atom. The summed E-state index contributed by atoms with van der Waals surface area (Å²) in [6.45, 7) is 2.07. The van der Waals surface area contributed by atoms with Gasteiger partial charge in [-0.2, -0.15) is 0 Å². The number of methoxy groups -OCH3 is 1. The van der Waals surface area contributed by atoms with Gasteiger partial charge in [-0.15, -0.1) is 0 Å². The van der Waals surface area contributed by atoms with Crippen molar-refractivity contribution in [2.45, 2.75) is 13.3 Å². The summed E-state index contributed by atoms with van der Waals surface area (Å²) in [6.07, 6.45) is 4.20. The van der Waals surface area contributed by atoms with Crippen LogP contribution in [-0.2, 0) is 11.2 Å². The number of carbonyl (C=O) groups excluding carboxylic acids is 1. The SMILES string of the molecule is CCc1ccccc1NC(=O)C=Cc1ccc(OC)cc1. The number of hydrogen-bond acceptors (Lipinski definition) is 2. The third-order valence-corrected chi connectivity index (χ3v) is 3.20. The van der Waals surface area contributed by atoms with Gasteiger partial charge in [-0.25, -0.2) is 0 Å². The van der Waals surface area contributed by atoms with Gasteiger partial charge in [0.25, 0.3) is 0 Å². The summed E-state index contributed by atoms with van der Waals surface area (Å²) in [5, 5.41) is 2.90. The first-order valence-electron chi connectivity index (χ1n) is 6.94. The normalized spacial score (nSPS) is 10.6.